The maximum Gasteiger partial charge on any atom is 0.0897 e. The molecule has 0 bridgehead atoms. The molecular weight excluding hydrogens is 208 g/mol. The molecule has 0 saturated heterocycles. The van der Waals surface area contributed by atoms with Crippen molar-refractivity contribution in [2.24, 2.45) is 7.05 Å². The predicted molar refractivity (Wildman–Crippen MR) is 61.0 cm³/mol. The van der Waals surface area contributed by atoms with E-state index in [1.165, 1.54) is 4.88 Å². The molecule has 0 radical (unpaired) electrons. The highest BCUT2D eigenvalue weighted by Gasteiger charge is 2.17. The zero-order valence-electron chi connectivity index (χ0n) is 9.06. The molecule has 0 aliphatic carbocycles. The van der Waals surface area contributed by atoms with Crippen LogP contribution >= 0.6 is 11.3 Å². The van der Waals surface area contributed by atoms with Gasteiger partial charge in [-0.1, -0.05) is 0 Å². The minimum atomic E-state index is 0.184. The van der Waals surface area contributed by atoms with Gasteiger partial charge in [0, 0.05) is 24.3 Å². The molecule has 1 unspecified atom stereocenters. The van der Waals surface area contributed by atoms with Crippen LogP contribution in [0, 0.1) is 6.92 Å². The highest BCUT2D eigenvalue weighted by atomic mass is 32.1. The molecule has 2 aromatic heterocycles. The Morgan fingerprint density at radius 1 is 1.53 bits per heavy atom. The summed E-state index contributed by atoms with van der Waals surface area (Å²) in [6.45, 7) is 2.02. The van der Waals surface area contributed by atoms with Crippen LogP contribution in [0.25, 0.3) is 0 Å². The van der Waals surface area contributed by atoms with Crippen molar-refractivity contribution in [3.05, 3.63) is 34.0 Å². The summed E-state index contributed by atoms with van der Waals surface area (Å²) in [7, 11) is 3.90. The molecule has 0 aliphatic heterocycles. The highest BCUT2D eigenvalue weighted by Crippen LogP contribution is 2.25. The highest BCUT2D eigenvalue weighted by molar-refractivity contribution is 7.11. The SMILES string of the molecule is CNC(c1cnc(C)s1)c1ccnn1C. The monoisotopic (exact) mass is 222 g/mol. The molecule has 0 fully saturated rings. The summed E-state index contributed by atoms with van der Waals surface area (Å²) < 4.78 is 1.89. The van der Waals surface area contributed by atoms with Gasteiger partial charge >= 0.3 is 0 Å². The molecule has 2 aromatic rings. The van der Waals surface area contributed by atoms with Crippen molar-refractivity contribution in [2.45, 2.75) is 13.0 Å². The van der Waals surface area contributed by atoms with Crippen molar-refractivity contribution >= 4 is 11.3 Å². The van der Waals surface area contributed by atoms with E-state index in [0.29, 0.717) is 0 Å². The maximum absolute atomic E-state index is 4.27. The number of thiazole rings is 1. The van der Waals surface area contributed by atoms with Crippen LogP contribution in [0.1, 0.15) is 21.6 Å². The summed E-state index contributed by atoms with van der Waals surface area (Å²) in [6.07, 6.45) is 3.74. The van der Waals surface area contributed by atoms with Crippen LogP contribution in [-0.4, -0.2) is 21.8 Å². The van der Waals surface area contributed by atoms with E-state index in [4.69, 9.17) is 0 Å². The van der Waals surface area contributed by atoms with E-state index in [-0.39, 0.29) is 6.04 Å². The largest absolute Gasteiger partial charge is 0.307 e. The van der Waals surface area contributed by atoms with Crippen molar-refractivity contribution in [3.8, 4) is 0 Å². The van der Waals surface area contributed by atoms with Gasteiger partial charge in [0.2, 0.25) is 0 Å². The standard InChI is InChI=1S/C10H14N4S/c1-7-12-6-9(15-7)10(11-2)8-4-5-13-14(8)3/h4-6,10-11H,1-3H3. The number of nitrogens with one attached hydrogen (secondary N) is 1. The smallest absolute Gasteiger partial charge is 0.0897 e. The van der Waals surface area contributed by atoms with Crippen LogP contribution in [0.2, 0.25) is 0 Å². The van der Waals surface area contributed by atoms with E-state index < -0.39 is 0 Å². The topological polar surface area (TPSA) is 42.7 Å². The Hall–Kier alpha value is -1.20. The van der Waals surface area contributed by atoms with Gasteiger partial charge in [-0.15, -0.1) is 11.3 Å². The van der Waals surface area contributed by atoms with Crippen LogP contribution in [0.3, 0.4) is 0 Å². The number of hydrogen-bond acceptors (Lipinski definition) is 4. The third-order valence-electron chi connectivity index (χ3n) is 2.37. The van der Waals surface area contributed by atoms with E-state index in [9.17, 15) is 0 Å². The van der Waals surface area contributed by atoms with E-state index >= 15 is 0 Å². The first-order chi connectivity index (χ1) is 7.22. The minimum Gasteiger partial charge on any atom is -0.307 e. The summed E-state index contributed by atoms with van der Waals surface area (Å²) in [6, 6.07) is 2.21. The fourth-order valence-corrected chi connectivity index (χ4v) is 2.52. The lowest BCUT2D eigenvalue weighted by Gasteiger charge is -2.13. The van der Waals surface area contributed by atoms with Gasteiger partial charge in [0.05, 0.1) is 16.7 Å². The lowest BCUT2D eigenvalue weighted by atomic mass is 10.2. The Bertz CT molecular complexity index is 446. The molecular formula is C10H14N4S. The van der Waals surface area contributed by atoms with Crippen molar-refractivity contribution in [1.82, 2.24) is 20.1 Å². The van der Waals surface area contributed by atoms with E-state index in [1.807, 2.05) is 44.2 Å². The number of aromatic nitrogens is 3. The van der Waals surface area contributed by atoms with E-state index in [2.05, 4.69) is 15.4 Å². The molecule has 0 aliphatic rings. The first-order valence-corrected chi connectivity index (χ1v) is 5.61. The summed E-state index contributed by atoms with van der Waals surface area (Å²) in [5.74, 6) is 0. The number of hydrogen-bond donors (Lipinski definition) is 1. The first-order valence-electron chi connectivity index (χ1n) is 4.80. The van der Waals surface area contributed by atoms with Gasteiger partial charge in [0.1, 0.15) is 0 Å². The van der Waals surface area contributed by atoms with Crippen LogP contribution in [0.15, 0.2) is 18.5 Å². The van der Waals surface area contributed by atoms with E-state index in [1.54, 1.807) is 11.3 Å². The molecule has 1 atom stereocenters. The molecule has 0 saturated carbocycles. The summed E-state index contributed by atoms with van der Waals surface area (Å²) in [5, 5.41) is 8.55. The first kappa shape index (κ1) is 10.3. The lowest BCUT2D eigenvalue weighted by Crippen LogP contribution is -2.19. The maximum atomic E-state index is 4.27. The average Bonchev–Trinajstić information content (AvgIpc) is 2.79. The number of nitrogens with zero attached hydrogens (tertiary/aromatic N) is 3. The van der Waals surface area contributed by atoms with Crippen molar-refractivity contribution in [1.29, 1.82) is 0 Å². The Kier molecular flexibility index (Phi) is 2.83. The Morgan fingerprint density at radius 3 is 2.80 bits per heavy atom. The fourth-order valence-electron chi connectivity index (χ4n) is 1.61. The van der Waals surface area contributed by atoms with Gasteiger partial charge in [-0.25, -0.2) is 4.98 Å². The van der Waals surface area contributed by atoms with Gasteiger partial charge in [0.15, 0.2) is 0 Å². The Balaban J connectivity index is 2.36. The second kappa shape index (κ2) is 4.12. The van der Waals surface area contributed by atoms with Crippen molar-refractivity contribution in [2.75, 3.05) is 7.05 Å². The van der Waals surface area contributed by atoms with Crippen LogP contribution in [-0.2, 0) is 7.05 Å². The Morgan fingerprint density at radius 2 is 2.33 bits per heavy atom. The van der Waals surface area contributed by atoms with Gasteiger partial charge in [-0.2, -0.15) is 5.10 Å². The van der Waals surface area contributed by atoms with Crippen LogP contribution in [0.4, 0.5) is 0 Å². The second-order valence-corrected chi connectivity index (χ2v) is 4.65. The molecule has 2 heterocycles. The summed E-state index contributed by atoms with van der Waals surface area (Å²) in [4.78, 5) is 5.49. The van der Waals surface area contributed by atoms with Gasteiger partial charge in [-0.3, -0.25) is 4.68 Å². The minimum absolute atomic E-state index is 0.184. The fraction of sp³-hybridized carbons (Fsp3) is 0.400. The number of aryl methyl sites for hydroxylation is 2. The van der Waals surface area contributed by atoms with Crippen LogP contribution < -0.4 is 5.32 Å². The third kappa shape index (κ3) is 1.93. The molecule has 0 aromatic carbocycles. The second-order valence-electron chi connectivity index (χ2n) is 3.38. The summed E-state index contributed by atoms with van der Waals surface area (Å²) in [5.41, 5.74) is 1.15. The third-order valence-corrected chi connectivity index (χ3v) is 3.34. The van der Waals surface area contributed by atoms with Gasteiger partial charge < -0.3 is 5.32 Å². The molecule has 2 rings (SSSR count). The lowest BCUT2D eigenvalue weighted by molar-refractivity contribution is 0.612. The molecule has 0 amide bonds. The van der Waals surface area contributed by atoms with Crippen LogP contribution in [0.5, 0.6) is 0 Å². The van der Waals surface area contributed by atoms with Crippen molar-refractivity contribution < 1.29 is 0 Å². The molecule has 0 spiro atoms. The van der Waals surface area contributed by atoms with Gasteiger partial charge in [-0.05, 0) is 20.0 Å². The molecule has 4 nitrogen and oxygen atoms in total. The van der Waals surface area contributed by atoms with E-state index in [0.717, 1.165) is 10.7 Å². The van der Waals surface area contributed by atoms with Gasteiger partial charge in [0.25, 0.3) is 0 Å². The zero-order chi connectivity index (χ0) is 10.8. The average molecular weight is 222 g/mol. The normalized spacial score (nSPS) is 13.0. The quantitative estimate of drug-likeness (QED) is 0.855. The predicted octanol–water partition coefficient (Wildman–Crippen LogP) is 1.49. The summed E-state index contributed by atoms with van der Waals surface area (Å²) >= 11 is 1.71. The molecule has 5 heteroatoms. The molecule has 1 N–H and O–H groups in total. The van der Waals surface area contributed by atoms with Crippen molar-refractivity contribution in [3.63, 3.8) is 0 Å². The number of rotatable bonds is 3. The Labute approximate surface area is 93.0 Å². The molecule has 80 valence electrons. The molecule has 15 heavy (non-hydrogen) atoms. The zero-order valence-corrected chi connectivity index (χ0v) is 9.88.